The van der Waals surface area contributed by atoms with Crippen LogP contribution in [0.5, 0.6) is 5.75 Å². The lowest BCUT2D eigenvalue weighted by molar-refractivity contribution is -0.123. The van der Waals surface area contributed by atoms with Gasteiger partial charge in [-0.25, -0.2) is 9.69 Å². The topological polar surface area (TPSA) is 86.5 Å². The number of nitrogens with zero attached hydrogens (tertiary/aromatic N) is 4. The molecule has 0 aliphatic carbocycles. The number of carbonyl (C=O) groups is 2. The summed E-state index contributed by atoms with van der Waals surface area (Å²) >= 11 is 6.28. The Bertz CT molecular complexity index is 1300. The third kappa shape index (κ3) is 4.58. The number of hydrogen-bond acceptors (Lipinski definition) is 5. The van der Waals surface area contributed by atoms with E-state index in [4.69, 9.17) is 16.3 Å². The summed E-state index contributed by atoms with van der Waals surface area (Å²) in [6.07, 6.45) is 4.06. The number of carbonyl (C=O) groups excluding carboxylic acids is 2. The lowest BCUT2D eigenvalue weighted by atomic mass is 10.0. The Balaban J connectivity index is 1.40. The van der Waals surface area contributed by atoms with E-state index in [1.165, 1.54) is 6.07 Å². The molecule has 2 aromatic carbocycles. The molecule has 0 bridgehead atoms. The highest BCUT2D eigenvalue weighted by Gasteiger charge is 2.51. The van der Waals surface area contributed by atoms with Gasteiger partial charge in [0.05, 0.1) is 22.9 Å². The Morgan fingerprint density at radius 1 is 1.03 bits per heavy atom. The first-order chi connectivity index (χ1) is 16.8. The van der Waals surface area contributed by atoms with Crippen LogP contribution >= 0.6 is 11.6 Å². The quantitative estimate of drug-likeness (QED) is 0.319. The minimum Gasteiger partial charge on any atom is -0.494 e. The fourth-order valence-electron chi connectivity index (χ4n) is 4.13. The second kappa shape index (κ2) is 9.77. The normalized spacial score (nSPS) is 14.8. The molecular formula is C27H25ClN4O3. The van der Waals surface area contributed by atoms with Crippen molar-refractivity contribution in [3.8, 4) is 22.9 Å². The van der Waals surface area contributed by atoms with Crippen molar-refractivity contribution < 1.29 is 14.3 Å². The van der Waals surface area contributed by atoms with Crippen LogP contribution in [0.25, 0.3) is 11.1 Å². The van der Waals surface area contributed by atoms with Crippen molar-refractivity contribution in [2.75, 3.05) is 18.1 Å². The standard InChI is InChI=1S/C27H25ClN4O3/c1-18-23(10-7-21(17-29)24(18)28)32-25(33)27(2,3)31(26(32)34)15-4-16-35-22-8-5-19(6-9-22)20-11-13-30-14-12-20/h5-14H,4,15-16H2,1-3H3. The Kier molecular flexibility index (Phi) is 6.77. The van der Waals surface area contributed by atoms with Crippen molar-refractivity contribution in [2.24, 2.45) is 0 Å². The number of imide groups is 1. The molecule has 0 spiro atoms. The molecule has 178 valence electrons. The first-order valence-corrected chi connectivity index (χ1v) is 11.6. The molecule has 8 heteroatoms. The molecule has 3 amide bonds. The average Bonchev–Trinajstić information content (AvgIpc) is 3.03. The maximum absolute atomic E-state index is 13.3. The summed E-state index contributed by atoms with van der Waals surface area (Å²) in [5.41, 5.74) is 2.34. The minimum atomic E-state index is -1.02. The number of hydrogen-bond donors (Lipinski definition) is 0. The highest BCUT2D eigenvalue weighted by atomic mass is 35.5. The van der Waals surface area contributed by atoms with Gasteiger partial charge in [0, 0.05) is 18.9 Å². The summed E-state index contributed by atoms with van der Waals surface area (Å²) in [4.78, 5) is 33.2. The number of pyridine rings is 1. The van der Waals surface area contributed by atoms with Crippen molar-refractivity contribution in [1.29, 1.82) is 5.26 Å². The number of anilines is 1. The molecule has 1 aliphatic heterocycles. The van der Waals surface area contributed by atoms with Gasteiger partial charge in [-0.2, -0.15) is 5.26 Å². The summed E-state index contributed by atoms with van der Waals surface area (Å²) in [7, 11) is 0. The number of urea groups is 1. The van der Waals surface area contributed by atoms with Gasteiger partial charge in [-0.1, -0.05) is 23.7 Å². The van der Waals surface area contributed by atoms with Gasteiger partial charge in [-0.3, -0.25) is 9.78 Å². The van der Waals surface area contributed by atoms with E-state index in [0.717, 1.165) is 21.8 Å². The maximum Gasteiger partial charge on any atom is 0.332 e. The molecule has 0 radical (unpaired) electrons. The zero-order valence-corrected chi connectivity index (χ0v) is 20.5. The van der Waals surface area contributed by atoms with Gasteiger partial charge in [0.15, 0.2) is 0 Å². The Morgan fingerprint density at radius 3 is 2.34 bits per heavy atom. The second-order valence-corrected chi connectivity index (χ2v) is 9.16. The molecule has 3 aromatic rings. The molecule has 1 aliphatic rings. The largest absolute Gasteiger partial charge is 0.494 e. The highest BCUT2D eigenvalue weighted by molar-refractivity contribution is 6.33. The van der Waals surface area contributed by atoms with Crippen molar-refractivity contribution >= 4 is 29.2 Å². The van der Waals surface area contributed by atoms with Crippen LogP contribution in [0.15, 0.2) is 60.9 Å². The number of halogens is 1. The number of rotatable bonds is 7. The van der Waals surface area contributed by atoms with E-state index in [9.17, 15) is 14.9 Å². The minimum absolute atomic E-state index is 0.241. The monoisotopic (exact) mass is 488 g/mol. The van der Waals surface area contributed by atoms with Crippen molar-refractivity contribution in [1.82, 2.24) is 9.88 Å². The van der Waals surface area contributed by atoms with E-state index >= 15 is 0 Å². The number of amides is 3. The van der Waals surface area contributed by atoms with E-state index in [2.05, 4.69) is 4.98 Å². The fraction of sp³-hybridized carbons (Fsp3) is 0.259. The molecule has 0 N–H and O–H groups in total. The molecule has 7 nitrogen and oxygen atoms in total. The van der Waals surface area contributed by atoms with Gasteiger partial charge in [0.1, 0.15) is 17.4 Å². The molecule has 0 saturated carbocycles. The van der Waals surface area contributed by atoms with Crippen LogP contribution in [0.3, 0.4) is 0 Å². The second-order valence-electron chi connectivity index (χ2n) is 8.78. The summed E-state index contributed by atoms with van der Waals surface area (Å²) in [5, 5.41) is 9.43. The number of ether oxygens (including phenoxy) is 1. The molecule has 1 saturated heterocycles. The molecule has 1 fully saturated rings. The van der Waals surface area contributed by atoms with Crippen LogP contribution in [0.1, 0.15) is 31.4 Å². The Labute approximate surface area is 209 Å². The van der Waals surface area contributed by atoms with Crippen LogP contribution in [-0.2, 0) is 4.79 Å². The third-order valence-electron chi connectivity index (χ3n) is 6.21. The molecule has 0 unspecified atom stereocenters. The fourth-order valence-corrected chi connectivity index (χ4v) is 4.33. The third-order valence-corrected chi connectivity index (χ3v) is 6.69. The number of nitriles is 1. The van der Waals surface area contributed by atoms with Crippen LogP contribution in [0.4, 0.5) is 10.5 Å². The molecule has 4 rings (SSSR count). The van der Waals surface area contributed by atoms with Gasteiger partial charge in [-0.15, -0.1) is 0 Å². The molecular weight excluding hydrogens is 464 g/mol. The van der Waals surface area contributed by atoms with Crippen molar-refractivity contribution in [2.45, 2.75) is 32.7 Å². The zero-order valence-electron chi connectivity index (χ0n) is 19.8. The summed E-state index contributed by atoms with van der Waals surface area (Å²) in [5.74, 6) is 0.398. The van der Waals surface area contributed by atoms with E-state index in [1.54, 1.807) is 44.1 Å². The predicted molar refractivity (Wildman–Crippen MR) is 134 cm³/mol. The summed E-state index contributed by atoms with van der Waals surface area (Å²) < 4.78 is 5.86. The molecule has 0 atom stereocenters. The van der Waals surface area contributed by atoms with Gasteiger partial charge < -0.3 is 9.64 Å². The van der Waals surface area contributed by atoms with Crippen LogP contribution in [0, 0.1) is 18.3 Å². The summed E-state index contributed by atoms with van der Waals surface area (Å²) in [6, 6.07) is 16.4. The predicted octanol–water partition coefficient (Wildman–Crippen LogP) is 5.60. The maximum atomic E-state index is 13.3. The SMILES string of the molecule is Cc1c(N2C(=O)N(CCCOc3ccc(-c4ccncc4)cc3)C(C)(C)C2=O)ccc(C#N)c1Cl. The first kappa shape index (κ1) is 24.2. The van der Waals surface area contributed by atoms with Crippen molar-refractivity contribution in [3.63, 3.8) is 0 Å². The first-order valence-electron chi connectivity index (χ1n) is 11.2. The van der Waals surface area contributed by atoms with Gasteiger partial charge in [-0.05, 0) is 80.3 Å². The van der Waals surface area contributed by atoms with E-state index in [0.29, 0.717) is 36.4 Å². The van der Waals surface area contributed by atoms with Gasteiger partial charge in [0.25, 0.3) is 5.91 Å². The van der Waals surface area contributed by atoms with Crippen LogP contribution in [-0.4, -0.2) is 40.5 Å². The Morgan fingerprint density at radius 2 is 1.69 bits per heavy atom. The van der Waals surface area contributed by atoms with E-state index in [1.807, 2.05) is 42.5 Å². The lowest BCUT2D eigenvalue weighted by Crippen LogP contribution is -2.44. The van der Waals surface area contributed by atoms with Crippen LogP contribution < -0.4 is 9.64 Å². The summed E-state index contributed by atoms with van der Waals surface area (Å²) in [6.45, 7) is 5.90. The Hall–Kier alpha value is -3.89. The number of benzene rings is 2. The van der Waals surface area contributed by atoms with Gasteiger partial charge in [0.2, 0.25) is 0 Å². The average molecular weight is 489 g/mol. The highest BCUT2D eigenvalue weighted by Crippen LogP contribution is 2.37. The van der Waals surface area contributed by atoms with E-state index in [-0.39, 0.29) is 10.9 Å². The van der Waals surface area contributed by atoms with Gasteiger partial charge >= 0.3 is 6.03 Å². The number of aromatic nitrogens is 1. The van der Waals surface area contributed by atoms with Crippen molar-refractivity contribution in [3.05, 3.63) is 77.1 Å². The van der Waals surface area contributed by atoms with E-state index < -0.39 is 11.6 Å². The lowest BCUT2D eigenvalue weighted by Gasteiger charge is -2.27. The molecule has 2 heterocycles. The molecule has 35 heavy (non-hydrogen) atoms. The smallest absolute Gasteiger partial charge is 0.332 e. The zero-order chi connectivity index (χ0) is 25.2. The molecule has 1 aromatic heterocycles. The van der Waals surface area contributed by atoms with Crippen LogP contribution in [0.2, 0.25) is 5.02 Å².